The summed E-state index contributed by atoms with van der Waals surface area (Å²) in [5, 5.41) is 4.45. The molecule has 0 saturated heterocycles. The van der Waals surface area contributed by atoms with Crippen molar-refractivity contribution in [3.05, 3.63) is 35.8 Å². The summed E-state index contributed by atoms with van der Waals surface area (Å²) >= 11 is 0. The van der Waals surface area contributed by atoms with E-state index in [1.807, 2.05) is 17.8 Å². The van der Waals surface area contributed by atoms with E-state index in [4.69, 9.17) is 0 Å². The van der Waals surface area contributed by atoms with Crippen LogP contribution in [-0.4, -0.2) is 14.8 Å². The van der Waals surface area contributed by atoms with Gasteiger partial charge in [-0.15, -0.1) is 0 Å². The normalized spacial score (nSPS) is 15.6. The third kappa shape index (κ3) is 2.69. The molecule has 0 amide bonds. The van der Waals surface area contributed by atoms with Gasteiger partial charge in [-0.05, 0) is 43.4 Å². The molecule has 0 spiro atoms. The molecule has 0 aromatic carbocycles. The molecule has 0 radical (unpaired) electrons. The number of pyridine rings is 1. The van der Waals surface area contributed by atoms with Gasteiger partial charge in [0, 0.05) is 24.5 Å². The van der Waals surface area contributed by atoms with Crippen molar-refractivity contribution in [2.75, 3.05) is 0 Å². The Hall–Kier alpha value is -1.85. The molecule has 2 aromatic heterocycles. The minimum atomic E-state index is -4.40. The predicted octanol–water partition coefficient (Wildman–Crippen LogP) is 3.68. The van der Waals surface area contributed by atoms with Crippen molar-refractivity contribution < 1.29 is 13.2 Å². The van der Waals surface area contributed by atoms with Crippen LogP contribution in [0.1, 0.15) is 24.1 Å². The van der Waals surface area contributed by atoms with Gasteiger partial charge in [-0.1, -0.05) is 0 Å². The maximum absolute atomic E-state index is 12.5. The van der Waals surface area contributed by atoms with Crippen molar-refractivity contribution in [3.63, 3.8) is 0 Å². The zero-order valence-corrected chi connectivity index (χ0v) is 11.0. The summed E-state index contributed by atoms with van der Waals surface area (Å²) in [4.78, 5) is 3.48. The van der Waals surface area contributed by atoms with Gasteiger partial charge in [-0.3, -0.25) is 9.67 Å². The molecule has 0 unspecified atom stereocenters. The van der Waals surface area contributed by atoms with E-state index in [1.165, 1.54) is 25.1 Å². The van der Waals surface area contributed by atoms with Crippen molar-refractivity contribution in [1.82, 2.24) is 14.8 Å². The summed E-state index contributed by atoms with van der Waals surface area (Å²) in [6.07, 6.45) is 1.23. The molecule has 1 saturated carbocycles. The molecule has 3 nitrogen and oxygen atoms in total. The van der Waals surface area contributed by atoms with Crippen LogP contribution in [0.5, 0.6) is 0 Å². The number of nitrogens with zero attached hydrogens (tertiary/aromatic N) is 3. The van der Waals surface area contributed by atoms with Crippen LogP contribution in [0.2, 0.25) is 0 Å². The highest BCUT2D eigenvalue weighted by molar-refractivity contribution is 5.61. The van der Waals surface area contributed by atoms with Gasteiger partial charge in [0.05, 0.1) is 5.69 Å². The molecule has 0 N–H and O–H groups in total. The first kappa shape index (κ1) is 13.1. The summed E-state index contributed by atoms with van der Waals surface area (Å²) < 4.78 is 39.3. The van der Waals surface area contributed by atoms with Gasteiger partial charge in [-0.25, -0.2) is 0 Å². The highest BCUT2D eigenvalue weighted by Crippen LogP contribution is 2.32. The monoisotopic (exact) mass is 281 g/mol. The second-order valence-corrected chi connectivity index (χ2v) is 5.26. The zero-order chi connectivity index (χ0) is 14.3. The van der Waals surface area contributed by atoms with Crippen LogP contribution in [0.15, 0.2) is 24.5 Å². The van der Waals surface area contributed by atoms with Crippen LogP contribution in [0.25, 0.3) is 11.3 Å². The Labute approximate surface area is 114 Å². The number of alkyl halides is 3. The fourth-order valence-electron chi connectivity index (χ4n) is 2.17. The number of rotatable bonds is 3. The van der Waals surface area contributed by atoms with Gasteiger partial charge in [0.1, 0.15) is 5.69 Å². The first-order chi connectivity index (χ1) is 9.43. The lowest BCUT2D eigenvalue weighted by Gasteiger charge is -2.05. The Bertz CT molecular complexity index is 610. The molecule has 1 aliphatic rings. The molecule has 1 fully saturated rings. The van der Waals surface area contributed by atoms with Crippen LogP contribution in [0, 0.1) is 12.8 Å². The summed E-state index contributed by atoms with van der Waals surface area (Å²) in [7, 11) is 0. The zero-order valence-electron chi connectivity index (χ0n) is 11.0. The molecule has 106 valence electrons. The van der Waals surface area contributed by atoms with Crippen molar-refractivity contribution in [2.45, 2.75) is 32.5 Å². The van der Waals surface area contributed by atoms with Crippen LogP contribution in [0.4, 0.5) is 13.2 Å². The lowest BCUT2D eigenvalue weighted by atomic mass is 10.1. The molecule has 2 heterocycles. The molecular weight excluding hydrogens is 267 g/mol. The molecule has 3 rings (SSSR count). The van der Waals surface area contributed by atoms with Gasteiger partial charge in [-0.2, -0.15) is 18.3 Å². The van der Waals surface area contributed by atoms with E-state index in [2.05, 4.69) is 10.1 Å². The summed E-state index contributed by atoms with van der Waals surface area (Å²) in [5.74, 6) is 0.702. The second-order valence-electron chi connectivity index (χ2n) is 5.26. The van der Waals surface area contributed by atoms with Crippen LogP contribution >= 0.6 is 0 Å². The van der Waals surface area contributed by atoms with E-state index in [-0.39, 0.29) is 0 Å². The number of hydrogen-bond acceptors (Lipinski definition) is 2. The van der Waals surface area contributed by atoms with Crippen LogP contribution in [0.3, 0.4) is 0 Å². The highest BCUT2D eigenvalue weighted by Gasteiger charge is 2.32. The van der Waals surface area contributed by atoms with E-state index in [9.17, 15) is 13.2 Å². The first-order valence-corrected chi connectivity index (χ1v) is 6.51. The van der Waals surface area contributed by atoms with Gasteiger partial charge in [0.2, 0.25) is 0 Å². The average molecular weight is 281 g/mol. The average Bonchev–Trinajstić information content (AvgIpc) is 3.11. The smallest absolute Gasteiger partial charge is 0.272 e. The Kier molecular flexibility index (Phi) is 3.03. The lowest BCUT2D eigenvalue weighted by Crippen LogP contribution is -2.07. The number of aryl methyl sites for hydroxylation is 1. The molecule has 0 aliphatic heterocycles. The summed E-state index contributed by atoms with van der Waals surface area (Å²) in [6.45, 7) is 2.79. The summed E-state index contributed by atoms with van der Waals surface area (Å²) in [6, 6.07) is 2.42. The van der Waals surface area contributed by atoms with Crippen molar-refractivity contribution >= 4 is 0 Å². The topological polar surface area (TPSA) is 30.7 Å². The third-order valence-corrected chi connectivity index (χ3v) is 3.41. The van der Waals surface area contributed by atoms with E-state index < -0.39 is 11.9 Å². The second kappa shape index (κ2) is 4.61. The maximum atomic E-state index is 12.5. The minimum Gasteiger partial charge on any atom is -0.272 e. The Morgan fingerprint density at radius 1 is 1.30 bits per heavy atom. The van der Waals surface area contributed by atoms with E-state index >= 15 is 0 Å². The van der Waals surface area contributed by atoms with Crippen molar-refractivity contribution in [3.8, 4) is 11.3 Å². The van der Waals surface area contributed by atoms with Crippen molar-refractivity contribution in [1.29, 1.82) is 0 Å². The fraction of sp³-hybridized carbons (Fsp3) is 0.429. The summed E-state index contributed by atoms with van der Waals surface area (Å²) in [5.41, 5.74) is 1.39. The molecule has 2 aromatic rings. The molecule has 0 atom stereocenters. The quantitative estimate of drug-likeness (QED) is 0.859. The lowest BCUT2D eigenvalue weighted by molar-refractivity contribution is -0.141. The standard InChI is InChI=1S/C14H14F3N3/c1-9-7-20(8-10-2-3-10)19-13(9)11-4-5-12(18-6-11)14(15,16)17/h4-7,10H,2-3,8H2,1H3. The molecule has 6 heteroatoms. The van der Waals surface area contributed by atoms with E-state index in [0.717, 1.165) is 18.2 Å². The number of halogens is 3. The van der Waals surface area contributed by atoms with Gasteiger partial charge >= 0.3 is 6.18 Å². The Morgan fingerprint density at radius 2 is 2.05 bits per heavy atom. The van der Waals surface area contributed by atoms with E-state index in [1.54, 1.807) is 0 Å². The Balaban J connectivity index is 1.86. The van der Waals surface area contributed by atoms with Gasteiger partial charge < -0.3 is 0 Å². The molecular formula is C14H14F3N3. The number of hydrogen-bond donors (Lipinski definition) is 0. The SMILES string of the molecule is Cc1cn(CC2CC2)nc1-c1ccc(C(F)(F)F)nc1. The van der Waals surface area contributed by atoms with Crippen LogP contribution in [-0.2, 0) is 12.7 Å². The molecule has 0 bridgehead atoms. The Morgan fingerprint density at radius 3 is 2.60 bits per heavy atom. The minimum absolute atomic E-state index is 0.616. The molecule has 20 heavy (non-hydrogen) atoms. The largest absolute Gasteiger partial charge is 0.433 e. The first-order valence-electron chi connectivity index (χ1n) is 6.51. The third-order valence-electron chi connectivity index (χ3n) is 3.41. The highest BCUT2D eigenvalue weighted by atomic mass is 19.4. The molecule has 1 aliphatic carbocycles. The maximum Gasteiger partial charge on any atom is 0.433 e. The van der Waals surface area contributed by atoms with Gasteiger partial charge in [0.15, 0.2) is 0 Å². The predicted molar refractivity (Wildman–Crippen MR) is 67.9 cm³/mol. The van der Waals surface area contributed by atoms with E-state index in [0.29, 0.717) is 17.2 Å². The van der Waals surface area contributed by atoms with Crippen LogP contribution < -0.4 is 0 Å². The van der Waals surface area contributed by atoms with Crippen molar-refractivity contribution in [2.24, 2.45) is 5.92 Å². The number of aromatic nitrogens is 3. The van der Waals surface area contributed by atoms with Gasteiger partial charge in [0.25, 0.3) is 0 Å². The fourth-order valence-corrected chi connectivity index (χ4v) is 2.17.